The second-order valence-electron chi connectivity index (χ2n) is 8.75. The number of benzene rings is 1. The van der Waals surface area contributed by atoms with Gasteiger partial charge in [0.2, 0.25) is 15.9 Å². The third-order valence-electron chi connectivity index (χ3n) is 7.12. The van der Waals surface area contributed by atoms with Gasteiger partial charge in [0.1, 0.15) is 10.8 Å². The van der Waals surface area contributed by atoms with Crippen LogP contribution in [0.1, 0.15) is 31.7 Å². The second-order valence-corrected chi connectivity index (χ2v) is 11.0. The molecule has 32 heavy (non-hydrogen) atoms. The van der Waals surface area contributed by atoms with Crippen LogP contribution in [0.3, 0.4) is 0 Å². The molecule has 1 aromatic heterocycles. The minimum atomic E-state index is -3.44. The molecule has 0 atom stereocenters. The molecule has 0 radical (unpaired) electrons. The van der Waals surface area contributed by atoms with E-state index in [9.17, 15) is 13.2 Å². The number of fused-ring (bicyclic) bond motifs is 1. The first kappa shape index (κ1) is 21.5. The van der Waals surface area contributed by atoms with E-state index in [2.05, 4.69) is 15.2 Å². The summed E-state index contributed by atoms with van der Waals surface area (Å²) in [5.74, 6) is 0.406. The summed E-state index contributed by atoms with van der Waals surface area (Å²) >= 11 is 6.66. The number of nitrogens with zero attached hydrogens (tertiary/aromatic N) is 3. The number of sulfonamides is 1. The van der Waals surface area contributed by atoms with Crippen molar-refractivity contribution < 1.29 is 13.2 Å². The topological polar surface area (TPSA) is 109 Å². The number of hydrogen-bond donors (Lipinski definition) is 2. The molecule has 0 bridgehead atoms. The Morgan fingerprint density at radius 3 is 2.66 bits per heavy atom. The molecule has 8 nitrogen and oxygen atoms in total. The number of halogens is 1. The van der Waals surface area contributed by atoms with Crippen LogP contribution in [-0.2, 0) is 21.4 Å². The molecule has 0 aliphatic carbocycles. The van der Waals surface area contributed by atoms with Crippen molar-refractivity contribution in [3.05, 3.63) is 35.0 Å². The number of piperidine rings is 1. The zero-order valence-corrected chi connectivity index (χ0v) is 19.5. The fourth-order valence-corrected chi connectivity index (χ4v) is 7.07. The minimum Gasteiger partial charge on any atom is -0.382 e. The summed E-state index contributed by atoms with van der Waals surface area (Å²) < 4.78 is 26.8. The summed E-state index contributed by atoms with van der Waals surface area (Å²) in [7, 11) is -3.44. The largest absolute Gasteiger partial charge is 0.382 e. The number of pyridine rings is 1. The summed E-state index contributed by atoms with van der Waals surface area (Å²) in [6.45, 7) is 4.73. The van der Waals surface area contributed by atoms with Gasteiger partial charge in [-0.15, -0.1) is 0 Å². The van der Waals surface area contributed by atoms with Crippen LogP contribution in [-0.4, -0.2) is 49.8 Å². The van der Waals surface area contributed by atoms with Gasteiger partial charge in [-0.3, -0.25) is 4.79 Å². The van der Waals surface area contributed by atoms with Crippen molar-refractivity contribution >= 4 is 39.0 Å². The van der Waals surface area contributed by atoms with Gasteiger partial charge in [-0.05, 0) is 42.5 Å². The van der Waals surface area contributed by atoms with Gasteiger partial charge in [-0.25, -0.2) is 13.4 Å². The molecule has 3 aliphatic heterocycles. The molecule has 1 spiro atoms. The second kappa shape index (κ2) is 7.60. The van der Waals surface area contributed by atoms with Gasteiger partial charge >= 0.3 is 0 Å². The Morgan fingerprint density at radius 1 is 1.25 bits per heavy atom. The standard InChI is InChI=1S/C22H26ClN5O3S/c1-2-28-13-15-11-14(3-4-17(15)32(28,30)31)16-12-26-20(24)18(23)19(16)27-9-6-22(7-10-27)5-8-25-21(22)29/h3-4,11-12H,2,5-10,13H2,1H3,(H2,24,26)(H,25,29). The fraction of sp³-hybridized carbons (Fsp3) is 0.455. The number of aromatic nitrogens is 1. The van der Waals surface area contributed by atoms with Gasteiger partial charge in [0, 0.05) is 44.5 Å². The van der Waals surface area contributed by atoms with E-state index < -0.39 is 10.0 Å². The molecular weight excluding hydrogens is 450 g/mol. The van der Waals surface area contributed by atoms with Gasteiger partial charge in [-0.2, -0.15) is 4.31 Å². The van der Waals surface area contributed by atoms with Crippen LogP contribution in [0.2, 0.25) is 5.02 Å². The lowest BCUT2D eigenvalue weighted by Crippen LogP contribution is -2.44. The molecule has 3 N–H and O–H groups in total. The highest BCUT2D eigenvalue weighted by Gasteiger charge is 2.45. The summed E-state index contributed by atoms with van der Waals surface area (Å²) in [5.41, 5.74) is 8.99. The molecule has 2 fully saturated rings. The zero-order valence-electron chi connectivity index (χ0n) is 17.9. The molecule has 0 unspecified atom stereocenters. The summed E-state index contributed by atoms with van der Waals surface area (Å²) in [6, 6.07) is 5.38. The van der Waals surface area contributed by atoms with Crippen molar-refractivity contribution in [2.75, 3.05) is 36.8 Å². The Morgan fingerprint density at radius 2 is 2.00 bits per heavy atom. The maximum Gasteiger partial charge on any atom is 0.243 e. The number of nitrogen functional groups attached to an aromatic ring is 1. The Hall–Kier alpha value is -2.36. The van der Waals surface area contributed by atoms with Gasteiger partial charge in [0.25, 0.3) is 0 Å². The van der Waals surface area contributed by atoms with E-state index in [0.29, 0.717) is 36.1 Å². The number of nitrogens with two attached hydrogens (primary N) is 1. The Kier molecular flexibility index (Phi) is 5.11. The summed E-state index contributed by atoms with van der Waals surface area (Å²) in [5, 5.41) is 3.35. The Balaban J connectivity index is 1.52. The molecular formula is C22H26ClN5O3S. The van der Waals surface area contributed by atoms with Gasteiger partial charge in [-0.1, -0.05) is 24.6 Å². The van der Waals surface area contributed by atoms with Crippen molar-refractivity contribution in [2.24, 2.45) is 5.41 Å². The van der Waals surface area contributed by atoms with Crippen LogP contribution < -0.4 is 16.0 Å². The number of nitrogens with one attached hydrogen (secondary N) is 1. The van der Waals surface area contributed by atoms with Crippen LogP contribution in [0.4, 0.5) is 11.5 Å². The molecule has 10 heteroatoms. The number of rotatable bonds is 3. The van der Waals surface area contributed by atoms with Crippen molar-refractivity contribution in [1.82, 2.24) is 14.6 Å². The number of amides is 1. The van der Waals surface area contributed by atoms with Crippen molar-refractivity contribution in [3.63, 3.8) is 0 Å². The minimum absolute atomic E-state index is 0.151. The highest BCUT2D eigenvalue weighted by Crippen LogP contribution is 2.45. The van der Waals surface area contributed by atoms with Crippen molar-refractivity contribution in [3.8, 4) is 11.1 Å². The molecule has 1 amide bonds. The zero-order chi connectivity index (χ0) is 22.7. The van der Waals surface area contributed by atoms with Gasteiger partial charge in [0.15, 0.2) is 0 Å². The smallest absolute Gasteiger partial charge is 0.243 e. The number of carbonyl (C=O) groups excluding carboxylic acids is 1. The molecule has 4 heterocycles. The van der Waals surface area contributed by atoms with Crippen LogP contribution in [0.5, 0.6) is 0 Å². The first-order chi connectivity index (χ1) is 15.3. The van der Waals surface area contributed by atoms with Gasteiger partial charge < -0.3 is 16.0 Å². The van der Waals surface area contributed by atoms with E-state index in [-0.39, 0.29) is 17.1 Å². The summed E-state index contributed by atoms with van der Waals surface area (Å²) in [4.78, 5) is 19.2. The van der Waals surface area contributed by atoms with Crippen LogP contribution in [0, 0.1) is 5.41 Å². The van der Waals surface area contributed by atoms with Crippen LogP contribution >= 0.6 is 11.6 Å². The van der Waals surface area contributed by atoms with Crippen molar-refractivity contribution in [1.29, 1.82) is 0 Å². The molecule has 170 valence electrons. The SMILES string of the molecule is CCN1Cc2cc(-c3cnc(N)c(Cl)c3N3CCC4(CCNC4=O)CC3)ccc2S1(=O)=O. The van der Waals surface area contributed by atoms with Crippen LogP contribution in [0.25, 0.3) is 11.1 Å². The van der Waals surface area contributed by atoms with E-state index in [4.69, 9.17) is 17.3 Å². The highest BCUT2D eigenvalue weighted by atomic mass is 35.5. The van der Waals surface area contributed by atoms with E-state index in [1.54, 1.807) is 18.3 Å². The van der Waals surface area contributed by atoms with E-state index >= 15 is 0 Å². The summed E-state index contributed by atoms with van der Waals surface area (Å²) in [6.07, 6.45) is 4.08. The van der Waals surface area contributed by atoms with E-state index in [1.165, 1.54) is 4.31 Å². The maximum atomic E-state index is 12.7. The molecule has 2 saturated heterocycles. The lowest BCUT2D eigenvalue weighted by molar-refractivity contribution is -0.128. The molecule has 2 aromatic rings. The third-order valence-corrected chi connectivity index (χ3v) is 9.51. The molecule has 3 aliphatic rings. The first-order valence-electron chi connectivity index (χ1n) is 10.9. The average Bonchev–Trinajstić information content (AvgIpc) is 3.26. The first-order valence-corrected chi connectivity index (χ1v) is 12.7. The fourth-order valence-electron chi connectivity index (χ4n) is 5.18. The monoisotopic (exact) mass is 475 g/mol. The maximum absolute atomic E-state index is 12.7. The van der Waals surface area contributed by atoms with E-state index in [0.717, 1.165) is 48.2 Å². The highest BCUT2D eigenvalue weighted by molar-refractivity contribution is 7.89. The molecule has 1 aromatic carbocycles. The average molecular weight is 476 g/mol. The van der Waals surface area contributed by atoms with E-state index in [1.807, 2.05) is 13.0 Å². The predicted molar refractivity (Wildman–Crippen MR) is 124 cm³/mol. The number of hydrogen-bond acceptors (Lipinski definition) is 6. The number of carbonyl (C=O) groups is 1. The number of anilines is 2. The Labute approximate surface area is 192 Å². The lowest BCUT2D eigenvalue weighted by atomic mass is 9.77. The van der Waals surface area contributed by atoms with Crippen molar-refractivity contribution in [2.45, 2.75) is 37.6 Å². The quantitative estimate of drug-likeness (QED) is 0.706. The lowest BCUT2D eigenvalue weighted by Gasteiger charge is -2.39. The van der Waals surface area contributed by atoms with Crippen LogP contribution in [0.15, 0.2) is 29.3 Å². The molecule has 5 rings (SSSR count). The Bertz CT molecular complexity index is 1210. The van der Waals surface area contributed by atoms with Gasteiger partial charge in [0.05, 0.1) is 16.0 Å². The predicted octanol–water partition coefficient (Wildman–Crippen LogP) is 2.61. The third kappa shape index (κ3) is 3.17. The molecule has 0 saturated carbocycles. The normalized spacial score (nSPS) is 21.7.